The van der Waals surface area contributed by atoms with Crippen LogP contribution in [0.25, 0.3) is 6.08 Å². The highest BCUT2D eigenvalue weighted by molar-refractivity contribution is 9.10. The Labute approximate surface area is 176 Å². The van der Waals surface area contributed by atoms with E-state index in [4.69, 9.17) is 21.1 Å². The number of benzene rings is 3. The Morgan fingerprint density at radius 3 is 2.50 bits per heavy atom. The Bertz CT molecular complexity index is 1070. The van der Waals surface area contributed by atoms with Crippen molar-refractivity contribution in [3.05, 3.63) is 98.2 Å². The molecule has 0 aromatic heterocycles. The van der Waals surface area contributed by atoms with Gasteiger partial charge in [0.25, 0.3) is 0 Å². The fourth-order valence-electron chi connectivity index (χ4n) is 3.02. The predicted molar refractivity (Wildman–Crippen MR) is 114 cm³/mol. The van der Waals surface area contributed by atoms with Gasteiger partial charge in [-0.1, -0.05) is 51.8 Å². The number of ketones is 1. The van der Waals surface area contributed by atoms with Crippen molar-refractivity contribution >= 4 is 39.4 Å². The zero-order valence-corrected chi connectivity index (χ0v) is 17.4. The number of carbonyl (C=O) groups is 1. The van der Waals surface area contributed by atoms with Crippen LogP contribution >= 0.6 is 27.5 Å². The predicted octanol–water partition coefficient (Wildman–Crippen LogP) is 6.61. The summed E-state index contributed by atoms with van der Waals surface area (Å²) in [5, 5.41) is 0.689. The van der Waals surface area contributed by atoms with E-state index in [1.54, 1.807) is 12.1 Å². The summed E-state index contributed by atoms with van der Waals surface area (Å²) in [7, 11) is 0. The molecular formula is C23H16BrClO3. The first kappa shape index (κ1) is 18.8. The Morgan fingerprint density at radius 2 is 1.79 bits per heavy atom. The van der Waals surface area contributed by atoms with Crippen molar-refractivity contribution in [3.63, 3.8) is 0 Å². The molecule has 0 spiro atoms. The van der Waals surface area contributed by atoms with Crippen LogP contribution < -0.4 is 9.47 Å². The van der Waals surface area contributed by atoms with Crippen LogP contribution in [0.4, 0.5) is 0 Å². The number of Topliss-reactive ketones (excluding diaryl/α,β-unsaturated/α-hetero) is 1. The molecule has 1 heterocycles. The van der Waals surface area contributed by atoms with Crippen LogP contribution in [-0.4, -0.2) is 5.78 Å². The molecule has 3 aromatic rings. The number of allylic oxidation sites excluding steroid dienone is 1. The molecule has 28 heavy (non-hydrogen) atoms. The van der Waals surface area contributed by atoms with Crippen molar-refractivity contribution in [1.82, 2.24) is 0 Å². The zero-order valence-electron chi connectivity index (χ0n) is 15.0. The van der Waals surface area contributed by atoms with Gasteiger partial charge < -0.3 is 9.47 Å². The Morgan fingerprint density at radius 1 is 1.07 bits per heavy atom. The van der Waals surface area contributed by atoms with E-state index in [1.165, 1.54) is 0 Å². The summed E-state index contributed by atoms with van der Waals surface area (Å²) in [6.07, 6.45) is 1.75. The highest BCUT2D eigenvalue weighted by Gasteiger charge is 2.30. The van der Waals surface area contributed by atoms with Gasteiger partial charge in [0.15, 0.2) is 5.76 Å². The number of rotatable bonds is 4. The third-order valence-electron chi connectivity index (χ3n) is 4.43. The van der Waals surface area contributed by atoms with E-state index in [0.29, 0.717) is 34.5 Å². The molecule has 3 nitrogen and oxygen atoms in total. The van der Waals surface area contributed by atoms with Crippen molar-refractivity contribution in [3.8, 4) is 11.5 Å². The molecule has 4 rings (SSSR count). The first-order valence-corrected chi connectivity index (χ1v) is 9.88. The van der Waals surface area contributed by atoms with Gasteiger partial charge in [0.1, 0.15) is 18.1 Å². The van der Waals surface area contributed by atoms with E-state index >= 15 is 0 Å². The van der Waals surface area contributed by atoms with Gasteiger partial charge in [-0.2, -0.15) is 0 Å². The average Bonchev–Trinajstić information content (AvgIpc) is 2.99. The molecule has 0 saturated heterocycles. The fraction of sp³-hybridized carbons (Fsp3) is 0.0870. The summed E-state index contributed by atoms with van der Waals surface area (Å²) in [5.74, 6) is 1.39. The lowest BCUT2D eigenvalue weighted by Crippen LogP contribution is -2.00. The summed E-state index contributed by atoms with van der Waals surface area (Å²) in [6, 6.07) is 18.8. The largest absolute Gasteiger partial charge is 0.489 e. The number of aryl methyl sites for hydroxylation is 1. The molecular weight excluding hydrogens is 440 g/mol. The third-order valence-corrected chi connectivity index (χ3v) is 5.21. The smallest absolute Gasteiger partial charge is 0.232 e. The number of hydrogen-bond acceptors (Lipinski definition) is 3. The summed E-state index contributed by atoms with van der Waals surface area (Å²) in [4.78, 5) is 12.8. The first-order valence-electron chi connectivity index (χ1n) is 8.71. The lowest BCUT2D eigenvalue weighted by atomic mass is 10.0. The van der Waals surface area contributed by atoms with Gasteiger partial charge in [0, 0.05) is 15.6 Å². The monoisotopic (exact) mass is 454 g/mol. The molecule has 1 aliphatic rings. The molecule has 0 atom stereocenters. The summed E-state index contributed by atoms with van der Waals surface area (Å²) >= 11 is 9.32. The fourth-order valence-corrected chi connectivity index (χ4v) is 3.41. The van der Waals surface area contributed by atoms with Crippen molar-refractivity contribution in [2.24, 2.45) is 0 Å². The first-order chi connectivity index (χ1) is 13.5. The van der Waals surface area contributed by atoms with Crippen molar-refractivity contribution in [2.75, 3.05) is 0 Å². The Balaban J connectivity index is 1.55. The minimum Gasteiger partial charge on any atom is -0.489 e. The van der Waals surface area contributed by atoms with Gasteiger partial charge in [0.05, 0.1) is 5.56 Å². The molecule has 5 heteroatoms. The number of carbonyl (C=O) groups excluding carboxylic acids is 1. The van der Waals surface area contributed by atoms with E-state index in [0.717, 1.165) is 21.2 Å². The van der Waals surface area contributed by atoms with E-state index in [2.05, 4.69) is 15.9 Å². The Hall–Kier alpha value is -2.56. The second kappa shape index (κ2) is 7.82. The maximum atomic E-state index is 12.8. The molecule has 0 aliphatic carbocycles. The van der Waals surface area contributed by atoms with Gasteiger partial charge in [-0.25, -0.2) is 0 Å². The molecule has 140 valence electrons. The van der Waals surface area contributed by atoms with E-state index in [9.17, 15) is 4.79 Å². The van der Waals surface area contributed by atoms with Crippen LogP contribution in [0, 0.1) is 6.92 Å². The summed E-state index contributed by atoms with van der Waals surface area (Å²) in [6.45, 7) is 2.29. The van der Waals surface area contributed by atoms with Gasteiger partial charge in [0.2, 0.25) is 5.78 Å². The standard InChI is InChI=1S/C23H16BrClO3/c1-14-10-19(27-13-16-4-8-18(25)9-5-16)12-20-22(14)23(26)21(28-20)11-15-2-6-17(24)7-3-15/h2-12H,13H2,1H3/b21-11-. The number of hydrogen-bond donors (Lipinski definition) is 0. The van der Waals surface area contributed by atoms with Crippen molar-refractivity contribution in [2.45, 2.75) is 13.5 Å². The van der Waals surface area contributed by atoms with Crippen LogP contribution in [0.3, 0.4) is 0 Å². The van der Waals surface area contributed by atoms with Crippen LogP contribution in [0.15, 0.2) is 70.9 Å². The molecule has 0 bridgehead atoms. The average molecular weight is 456 g/mol. The number of ether oxygens (including phenoxy) is 2. The summed E-state index contributed by atoms with van der Waals surface area (Å²) < 4.78 is 12.7. The van der Waals surface area contributed by atoms with E-state index in [1.807, 2.05) is 61.5 Å². The van der Waals surface area contributed by atoms with Crippen LogP contribution in [0.5, 0.6) is 11.5 Å². The molecule has 0 unspecified atom stereocenters. The second-order valence-corrected chi connectivity index (χ2v) is 7.87. The van der Waals surface area contributed by atoms with Gasteiger partial charge in [-0.3, -0.25) is 4.79 Å². The van der Waals surface area contributed by atoms with Crippen LogP contribution in [-0.2, 0) is 6.61 Å². The molecule has 1 aliphatic heterocycles. The van der Waals surface area contributed by atoms with Gasteiger partial charge in [-0.15, -0.1) is 0 Å². The number of fused-ring (bicyclic) bond motifs is 1. The maximum absolute atomic E-state index is 12.8. The summed E-state index contributed by atoms with van der Waals surface area (Å²) in [5.41, 5.74) is 3.32. The van der Waals surface area contributed by atoms with E-state index < -0.39 is 0 Å². The molecule has 0 N–H and O–H groups in total. The zero-order chi connectivity index (χ0) is 19.7. The highest BCUT2D eigenvalue weighted by atomic mass is 79.9. The van der Waals surface area contributed by atoms with Crippen molar-refractivity contribution in [1.29, 1.82) is 0 Å². The highest BCUT2D eigenvalue weighted by Crippen LogP contribution is 2.37. The maximum Gasteiger partial charge on any atom is 0.232 e. The van der Waals surface area contributed by atoms with Crippen LogP contribution in [0.2, 0.25) is 5.02 Å². The molecule has 0 saturated carbocycles. The minimum atomic E-state index is -0.111. The molecule has 0 radical (unpaired) electrons. The normalized spacial score (nSPS) is 14.1. The third kappa shape index (κ3) is 3.98. The minimum absolute atomic E-state index is 0.111. The number of halogens is 2. The van der Waals surface area contributed by atoms with Crippen LogP contribution in [0.1, 0.15) is 27.0 Å². The second-order valence-electron chi connectivity index (χ2n) is 6.52. The molecule has 0 amide bonds. The lowest BCUT2D eigenvalue weighted by molar-refractivity contribution is 0.101. The van der Waals surface area contributed by atoms with Crippen molar-refractivity contribution < 1.29 is 14.3 Å². The van der Waals surface area contributed by atoms with E-state index in [-0.39, 0.29) is 5.78 Å². The quantitative estimate of drug-likeness (QED) is 0.415. The Kier molecular flexibility index (Phi) is 5.25. The van der Waals surface area contributed by atoms with Gasteiger partial charge in [-0.05, 0) is 60.0 Å². The SMILES string of the molecule is Cc1cc(OCc2ccc(Cl)cc2)cc2c1C(=O)/C(=C/c1ccc(Br)cc1)O2. The topological polar surface area (TPSA) is 35.5 Å². The molecule has 0 fully saturated rings. The lowest BCUT2D eigenvalue weighted by Gasteiger charge is -2.09. The van der Waals surface area contributed by atoms with Gasteiger partial charge >= 0.3 is 0 Å². The molecule has 3 aromatic carbocycles.